The number of imidazole rings is 2. The van der Waals surface area contributed by atoms with Gasteiger partial charge >= 0.3 is 0 Å². The molecule has 2 heterocycles. The molecule has 0 aliphatic rings. The molecule has 4 heteroatoms. The van der Waals surface area contributed by atoms with Crippen molar-refractivity contribution in [3.63, 3.8) is 0 Å². The van der Waals surface area contributed by atoms with Crippen LogP contribution in [0.25, 0.3) is 28.0 Å². The lowest BCUT2D eigenvalue weighted by Gasteiger charge is -2.08. The minimum absolute atomic E-state index is 0.929. The van der Waals surface area contributed by atoms with Gasteiger partial charge in [0, 0.05) is 13.5 Å². The first-order chi connectivity index (χ1) is 10.8. The third-order valence-corrected chi connectivity index (χ3v) is 4.07. The predicted molar refractivity (Wildman–Crippen MR) is 89.3 cm³/mol. The van der Waals surface area contributed by atoms with Crippen molar-refractivity contribution in [1.29, 1.82) is 0 Å². The molecule has 4 aromatic rings. The van der Waals surface area contributed by atoms with Crippen LogP contribution in [-0.2, 0) is 13.5 Å². The second-order valence-electron chi connectivity index (χ2n) is 5.56. The summed E-state index contributed by atoms with van der Waals surface area (Å²) in [5, 5.41) is 0. The minimum atomic E-state index is 0.929. The maximum absolute atomic E-state index is 4.83. The first kappa shape index (κ1) is 13.1. The Kier molecular flexibility index (Phi) is 2.96. The van der Waals surface area contributed by atoms with Gasteiger partial charge in [0.1, 0.15) is 5.82 Å². The highest BCUT2D eigenvalue weighted by atomic mass is 15.3. The van der Waals surface area contributed by atoms with Gasteiger partial charge in [-0.1, -0.05) is 31.2 Å². The van der Waals surface area contributed by atoms with Gasteiger partial charge in [-0.25, -0.2) is 9.97 Å². The van der Waals surface area contributed by atoms with Gasteiger partial charge in [-0.05, 0) is 30.7 Å². The van der Waals surface area contributed by atoms with E-state index in [9.17, 15) is 0 Å². The second kappa shape index (κ2) is 4.98. The SMILES string of the molecule is CCCc1nc2ccccc2n1-c1nc2ccccc2n1C. The van der Waals surface area contributed by atoms with Gasteiger partial charge < -0.3 is 4.57 Å². The third kappa shape index (κ3) is 1.84. The maximum atomic E-state index is 4.83. The number of aromatic nitrogens is 4. The number of fused-ring (bicyclic) bond motifs is 2. The Morgan fingerprint density at radius 3 is 2.18 bits per heavy atom. The van der Waals surface area contributed by atoms with Crippen molar-refractivity contribution in [2.75, 3.05) is 0 Å². The van der Waals surface area contributed by atoms with Crippen molar-refractivity contribution in [3.05, 3.63) is 54.4 Å². The van der Waals surface area contributed by atoms with E-state index >= 15 is 0 Å². The fraction of sp³-hybridized carbons (Fsp3) is 0.222. The molecule has 4 rings (SSSR count). The van der Waals surface area contributed by atoms with Gasteiger partial charge in [0.05, 0.1) is 22.1 Å². The highest BCUT2D eigenvalue weighted by Gasteiger charge is 2.16. The van der Waals surface area contributed by atoms with E-state index in [-0.39, 0.29) is 0 Å². The lowest BCUT2D eigenvalue weighted by atomic mass is 10.3. The van der Waals surface area contributed by atoms with Crippen molar-refractivity contribution in [2.45, 2.75) is 19.8 Å². The van der Waals surface area contributed by atoms with Gasteiger partial charge in [-0.3, -0.25) is 4.57 Å². The Morgan fingerprint density at radius 1 is 0.864 bits per heavy atom. The second-order valence-corrected chi connectivity index (χ2v) is 5.56. The van der Waals surface area contributed by atoms with Crippen LogP contribution in [0.1, 0.15) is 19.2 Å². The fourth-order valence-corrected chi connectivity index (χ4v) is 3.02. The van der Waals surface area contributed by atoms with Gasteiger partial charge in [-0.2, -0.15) is 0 Å². The lowest BCUT2D eigenvalue weighted by molar-refractivity contribution is 0.768. The zero-order valence-corrected chi connectivity index (χ0v) is 12.8. The maximum Gasteiger partial charge on any atom is 0.216 e. The lowest BCUT2D eigenvalue weighted by Crippen LogP contribution is -2.07. The summed E-state index contributed by atoms with van der Waals surface area (Å²) in [6.07, 6.45) is 2.01. The van der Waals surface area contributed by atoms with Gasteiger partial charge in [-0.15, -0.1) is 0 Å². The van der Waals surface area contributed by atoms with Crippen LogP contribution in [-0.4, -0.2) is 19.1 Å². The summed E-state index contributed by atoms with van der Waals surface area (Å²) in [4.78, 5) is 9.63. The number of aryl methyl sites for hydroxylation is 2. The van der Waals surface area contributed by atoms with Crippen LogP contribution in [0.4, 0.5) is 0 Å². The highest BCUT2D eigenvalue weighted by Crippen LogP contribution is 2.24. The van der Waals surface area contributed by atoms with Crippen molar-refractivity contribution < 1.29 is 0 Å². The summed E-state index contributed by atoms with van der Waals surface area (Å²) >= 11 is 0. The summed E-state index contributed by atoms with van der Waals surface area (Å²) in [5.41, 5.74) is 4.29. The zero-order chi connectivity index (χ0) is 15.1. The molecule has 0 saturated heterocycles. The van der Waals surface area contributed by atoms with Crippen LogP contribution in [0, 0.1) is 0 Å². The van der Waals surface area contributed by atoms with E-state index in [0.717, 1.165) is 46.7 Å². The molecule has 0 N–H and O–H groups in total. The molecule has 0 aliphatic carbocycles. The van der Waals surface area contributed by atoms with Crippen LogP contribution in [0.5, 0.6) is 0 Å². The van der Waals surface area contributed by atoms with Gasteiger partial charge in [0.15, 0.2) is 0 Å². The number of hydrogen-bond acceptors (Lipinski definition) is 2. The molecular weight excluding hydrogens is 272 g/mol. The first-order valence-corrected chi connectivity index (χ1v) is 7.68. The summed E-state index contributed by atoms with van der Waals surface area (Å²) in [5.74, 6) is 2.00. The number of para-hydroxylation sites is 4. The molecule has 0 saturated carbocycles. The van der Waals surface area contributed by atoms with Gasteiger partial charge in [0.25, 0.3) is 0 Å². The summed E-state index contributed by atoms with van der Waals surface area (Å²) < 4.78 is 4.33. The molecule has 0 radical (unpaired) electrons. The molecule has 22 heavy (non-hydrogen) atoms. The standard InChI is InChI=1S/C18H18N4/c1-3-8-17-19-14-10-5-7-12-16(14)22(17)18-20-13-9-4-6-11-15(13)21(18)2/h4-7,9-12H,3,8H2,1-2H3. The third-order valence-electron chi connectivity index (χ3n) is 4.07. The summed E-state index contributed by atoms with van der Waals surface area (Å²) in [6.45, 7) is 2.18. The van der Waals surface area contributed by atoms with Crippen LogP contribution in [0.2, 0.25) is 0 Å². The first-order valence-electron chi connectivity index (χ1n) is 7.68. The minimum Gasteiger partial charge on any atom is -0.313 e. The number of hydrogen-bond donors (Lipinski definition) is 0. The topological polar surface area (TPSA) is 35.6 Å². The monoisotopic (exact) mass is 290 g/mol. The largest absolute Gasteiger partial charge is 0.313 e. The van der Waals surface area contributed by atoms with E-state index in [1.807, 2.05) is 18.2 Å². The van der Waals surface area contributed by atoms with E-state index in [4.69, 9.17) is 9.97 Å². The van der Waals surface area contributed by atoms with Crippen molar-refractivity contribution in [3.8, 4) is 5.95 Å². The molecule has 4 nitrogen and oxygen atoms in total. The highest BCUT2D eigenvalue weighted by molar-refractivity contribution is 5.81. The zero-order valence-electron chi connectivity index (χ0n) is 12.8. The number of rotatable bonds is 3. The smallest absolute Gasteiger partial charge is 0.216 e. The van der Waals surface area contributed by atoms with E-state index in [0.29, 0.717) is 0 Å². The molecule has 110 valence electrons. The molecule has 0 atom stereocenters. The van der Waals surface area contributed by atoms with Crippen LogP contribution < -0.4 is 0 Å². The Hall–Kier alpha value is -2.62. The molecule has 0 bridgehead atoms. The van der Waals surface area contributed by atoms with Crippen LogP contribution in [0.15, 0.2) is 48.5 Å². The Labute approximate surface area is 129 Å². The van der Waals surface area contributed by atoms with Crippen molar-refractivity contribution in [1.82, 2.24) is 19.1 Å². The molecule has 2 aromatic carbocycles. The van der Waals surface area contributed by atoms with E-state index < -0.39 is 0 Å². The van der Waals surface area contributed by atoms with E-state index in [1.165, 1.54) is 0 Å². The average Bonchev–Trinajstić information content (AvgIpc) is 3.06. The molecule has 0 unspecified atom stereocenters. The molecule has 0 aliphatic heterocycles. The summed E-state index contributed by atoms with van der Waals surface area (Å²) in [6, 6.07) is 16.5. The van der Waals surface area contributed by atoms with Crippen molar-refractivity contribution >= 4 is 22.1 Å². The molecular formula is C18H18N4. The summed E-state index contributed by atoms with van der Waals surface area (Å²) in [7, 11) is 2.06. The van der Waals surface area contributed by atoms with E-state index in [1.54, 1.807) is 0 Å². The quantitative estimate of drug-likeness (QED) is 0.574. The van der Waals surface area contributed by atoms with E-state index in [2.05, 4.69) is 53.4 Å². The van der Waals surface area contributed by atoms with Crippen molar-refractivity contribution in [2.24, 2.45) is 7.05 Å². The normalized spacial score (nSPS) is 11.5. The molecule has 2 aromatic heterocycles. The Morgan fingerprint density at radius 2 is 1.50 bits per heavy atom. The average molecular weight is 290 g/mol. The van der Waals surface area contributed by atoms with Crippen LogP contribution >= 0.6 is 0 Å². The van der Waals surface area contributed by atoms with Crippen LogP contribution in [0.3, 0.4) is 0 Å². The predicted octanol–water partition coefficient (Wildman–Crippen LogP) is 3.86. The Bertz CT molecular complexity index is 962. The molecule has 0 amide bonds. The number of nitrogens with zero attached hydrogens (tertiary/aromatic N) is 4. The number of benzene rings is 2. The fourth-order valence-electron chi connectivity index (χ4n) is 3.02. The van der Waals surface area contributed by atoms with Gasteiger partial charge in [0.2, 0.25) is 5.95 Å². The Balaban J connectivity index is 2.06. The molecule has 0 spiro atoms. The molecule has 0 fully saturated rings.